The van der Waals surface area contributed by atoms with Gasteiger partial charge < -0.3 is 4.90 Å². The van der Waals surface area contributed by atoms with Crippen molar-refractivity contribution in [3.63, 3.8) is 0 Å². The predicted molar refractivity (Wildman–Crippen MR) is 105 cm³/mol. The van der Waals surface area contributed by atoms with Gasteiger partial charge in [-0.1, -0.05) is 24.3 Å². The Hall–Kier alpha value is -2.37. The number of carbonyl (C=O) groups excluding carboxylic acids is 1. The molecule has 0 radical (unpaired) electrons. The number of likely N-dealkylation sites (tertiary alicyclic amines) is 1. The van der Waals surface area contributed by atoms with Crippen LogP contribution in [0.4, 0.5) is 8.78 Å². The molecule has 2 aromatic carbocycles. The van der Waals surface area contributed by atoms with Crippen molar-refractivity contribution in [3.05, 3.63) is 60.2 Å². The van der Waals surface area contributed by atoms with Gasteiger partial charge in [0.1, 0.15) is 11.6 Å². The van der Waals surface area contributed by atoms with Crippen molar-refractivity contribution in [2.24, 2.45) is 0 Å². The lowest BCUT2D eigenvalue weighted by Gasteiger charge is -2.31. The van der Waals surface area contributed by atoms with Crippen molar-refractivity contribution in [2.45, 2.75) is 27.9 Å². The SMILES string of the molecule is O=C(CNS(=O)(=O)c1c(F)cccc1F)N1CCC(S(=O)(=O)c2ccccc2)CC1. The van der Waals surface area contributed by atoms with Crippen LogP contribution in [0.5, 0.6) is 0 Å². The molecule has 1 saturated heterocycles. The average molecular weight is 459 g/mol. The zero-order chi connectivity index (χ0) is 21.9. The summed E-state index contributed by atoms with van der Waals surface area (Å²) < 4.78 is 79.0. The van der Waals surface area contributed by atoms with Crippen LogP contribution < -0.4 is 4.72 Å². The molecule has 2 aromatic rings. The van der Waals surface area contributed by atoms with E-state index in [9.17, 15) is 30.4 Å². The number of nitrogens with one attached hydrogen (secondary N) is 1. The zero-order valence-electron chi connectivity index (χ0n) is 15.8. The highest BCUT2D eigenvalue weighted by molar-refractivity contribution is 7.92. The van der Waals surface area contributed by atoms with Crippen LogP contribution in [0.1, 0.15) is 12.8 Å². The molecule has 0 aliphatic carbocycles. The molecule has 1 aliphatic rings. The van der Waals surface area contributed by atoms with Gasteiger partial charge in [-0.05, 0) is 37.1 Å². The van der Waals surface area contributed by atoms with Crippen LogP contribution in [0.2, 0.25) is 0 Å². The Kier molecular flexibility index (Phi) is 6.53. The molecule has 0 unspecified atom stereocenters. The number of benzene rings is 2. The molecule has 1 N–H and O–H groups in total. The third kappa shape index (κ3) is 4.68. The van der Waals surface area contributed by atoms with Gasteiger partial charge >= 0.3 is 0 Å². The Balaban J connectivity index is 1.60. The second-order valence-electron chi connectivity index (χ2n) is 6.81. The molecule has 1 heterocycles. The van der Waals surface area contributed by atoms with Crippen molar-refractivity contribution in [1.29, 1.82) is 0 Å². The fourth-order valence-electron chi connectivity index (χ4n) is 3.30. The molecule has 0 aromatic heterocycles. The van der Waals surface area contributed by atoms with E-state index in [1.807, 2.05) is 4.72 Å². The van der Waals surface area contributed by atoms with Crippen LogP contribution in [0.25, 0.3) is 0 Å². The highest BCUT2D eigenvalue weighted by atomic mass is 32.2. The van der Waals surface area contributed by atoms with Gasteiger partial charge in [-0.2, -0.15) is 0 Å². The summed E-state index contributed by atoms with van der Waals surface area (Å²) in [6.45, 7) is -0.428. The van der Waals surface area contributed by atoms with Crippen LogP contribution in [0.15, 0.2) is 58.3 Å². The van der Waals surface area contributed by atoms with Crippen molar-refractivity contribution >= 4 is 25.8 Å². The molecule has 11 heteroatoms. The van der Waals surface area contributed by atoms with Crippen molar-refractivity contribution in [1.82, 2.24) is 9.62 Å². The second kappa shape index (κ2) is 8.78. The summed E-state index contributed by atoms with van der Waals surface area (Å²) in [5.41, 5.74) is 0. The summed E-state index contributed by atoms with van der Waals surface area (Å²) >= 11 is 0. The molecule has 1 aliphatic heterocycles. The summed E-state index contributed by atoms with van der Waals surface area (Å²) in [5, 5.41) is -0.645. The van der Waals surface area contributed by atoms with E-state index in [1.165, 1.54) is 17.0 Å². The Labute approximate surface area is 173 Å². The molecule has 1 fully saturated rings. The third-order valence-electron chi connectivity index (χ3n) is 4.91. The third-order valence-corrected chi connectivity index (χ3v) is 8.64. The van der Waals surface area contributed by atoms with Crippen LogP contribution in [-0.2, 0) is 24.7 Å². The van der Waals surface area contributed by atoms with Gasteiger partial charge in [-0.25, -0.2) is 30.3 Å². The molecule has 0 spiro atoms. The quantitative estimate of drug-likeness (QED) is 0.710. The van der Waals surface area contributed by atoms with Gasteiger partial charge in [0, 0.05) is 13.1 Å². The van der Waals surface area contributed by atoms with Gasteiger partial charge in [-0.3, -0.25) is 4.79 Å². The summed E-state index contributed by atoms with van der Waals surface area (Å²) in [4.78, 5) is 12.7. The van der Waals surface area contributed by atoms with E-state index < -0.39 is 54.1 Å². The standard InChI is InChI=1S/C19H20F2N2O5S2/c20-16-7-4-8-17(21)19(16)30(27,28)22-13-18(24)23-11-9-15(10-12-23)29(25,26)14-5-2-1-3-6-14/h1-8,15,22H,9-13H2. The molecule has 0 atom stereocenters. The number of sulfone groups is 1. The summed E-state index contributed by atoms with van der Waals surface area (Å²) in [6, 6.07) is 10.7. The summed E-state index contributed by atoms with van der Waals surface area (Å²) in [5.74, 6) is -3.13. The second-order valence-corrected chi connectivity index (χ2v) is 10.7. The minimum Gasteiger partial charge on any atom is -0.341 e. The monoisotopic (exact) mass is 458 g/mol. The van der Waals surface area contributed by atoms with Crippen LogP contribution in [0.3, 0.4) is 0 Å². The maximum absolute atomic E-state index is 13.7. The average Bonchev–Trinajstić information content (AvgIpc) is 2.72. The Bertz CT molecular complexity index is 1110. The molecular formula is C19H20F2N2O5S2. The fraction of sp³-hybridized carbons (Fsp3) is 0.316. The number of nitrogens with zero attached hydrogens (tertiary/aromatic N) is 1. The van der Waals surface area contributed by atoms with E-state index in [2.05, 4.69) is 0 Å². The van der Waals surface area contributed by atoms with Crippen molar-refractivity contribution in [2.75, 3.05) is 19.6 Å². The molecule has 0 bridgehead atoms. The number of sulfonamides is 1. The smallest absolute Gasteiger partial charge is 0.246 e. The van der Waals surface area contributed by atoms with E-state index in [0.717, 1.165) is 18.2 Å². The minimum atomic E-state index is -4.57. The van der Waals surface area contributed by atoms with Crippen molar-refractivity contribution < 1.29 is 30.4 Å². The molecule has 1 amide bonds. The largest absolute Gasteiger partial charge is 0.341 e. The van der Waals surface area contributed by atoms with Gasteiger partial charge in [0.2, 0.25) is 15.9 Å². The number of amides is 1. The lowest BCUT2D eigenvalue weighted by Crippen LogP contribution is -2.46. The lowest BCUT2D eigenvalue weighted by atomic mass is 10.1. The van der Waals surface area contributed by atoms with Crippen LogP contribution >= 0.6 is 0 Å². The number of carbonyl (C=O) groups is 1. The van der Waals surface area contributed by atoms with E-state index in [4.69, 9.17) is 0 Å². The number of piperidine rings is 1. The number of rotatable bonds is 6. The Morgan fingerprint density at radius 1 is 0.933 bits per heavy atom. The van der Waals surface area contributed by atoms with E-state index in [0.29, 0.717) is 0 Å². The first-order valence-corrected chi connectivity index (χ1v) is 12.2. The number of hydrogen-bond acceptors (Lipinski definition) is 5. The number of halogens is 2. The first-order chi connectivity index (χ1) is 14.1. The van der Waals surface area contributed by atoms with Gasteiger partial charge in [0.05, 0.1) is 16.7 Å². The topological polar surface area (TPSA) is 101 Å². The summed E-state index contributed by atoms with van der Waals surface area (Å²) in [7, 11) is -8.09. The molecule has 30 heavy (non-hydrogen) atoms. The molecule has 7 nitrogen and oxygen atoms in total. The van der Waals surface area contributed by atoms with Crippen LogP contribution in [0, 0.1) is 11.6 Å². The molecular weight excluding hydrogens is 438 g/mol. The molecule has 0 saturated carbocycles. The van der Waals surface area contributed by atoms with Crippen LogP contribution in [-0.4, -0.2) is 52.5 Å². The Morgan fingerprint density at radius 3 is 2.07 bits per heavy atom. The highest BCUT2D eigenvalue weighted by Crippen LogP contribution is 2.24. The lowest BCUT2D eigenvalue weighted by molar-refractivity contribution is -0.130. The van der Waals surface area contributed by atoms with E-state index in [1.54, 1.807) is 18.2 Å². The van der Waals surface area contributed by atoms with Gasteiger partial charge in [-0.15, -0.1) is 0 Å². The Morgan fingerprint density at radius 2 is 1.50 bits per heavy atom. The fourth-order valence-corrected chi connectivity index (χ4v) is 6.16. The first kappa shape index (κ1) is 22.3. The molecule has 162 valence electrons. The van der Waals surface area contributed by atoms with E-state index in [-0.39, 0.29) is 30.8 Å². The zero-order valence-corrected chi connectivity index (χ0v) is 17.4. The predicted octanol–water partition coefficient (Wildman–Crippen LogP) is 1.71. The summed E-state index contributed by atoms with van der Waals surface area (Å²) in [6.07, 6.45) is 0.412. The maximum Gasteiger partial charge on any atom is 0.246 e. The molecule has 3 rings (SSSR count). The number of hydrogen-bond donors (Lipinski definition) is 1. The first-order valence-electron chi connectivity index (χ1n) is 9.13. The van der Waals surface area contributed by atoms with Gasteiger partial charge in [0.25, 0.3) is 0 Å². The highest BCUT2D eigenvalue weighted by Gasteiger charge is 2.33. The van der Waals surface area contributed by atoms with E-state index >= 15 is 0 Å². The van der Waals surface area contributed by atoms with Gasteiger partial charge in [0.15, 0.2) is 14.7 Å². The normalized spacial score (nSPS) is 15.9. The van der Waals surface area contributed by atoms with Crippen molar-refractivity contribution in [3.8, 4) is 0 Å². The maximum atomic E-state index is 13.7. The minimum absolute atomic E-state index is 0.130.